The van der Waals surface area contributed by atoms with Gasteiger partial charge in [-0.1, -0.05) is 29.3 Å². The molecule has 2 aromatic carbocycles. The molecule has 1 heterocycles. The Hall–Kier alpha value is -2.17. The summed E-state index contributed by atoms with van der Waals surface area (Å²) >= 11 is 11.9. The minimum atomic E-state index is -0.151. The lowest BCUT2D eigenvalue weighted by atomic mass is 10.0. The van der Waals surface area contributed by atoms with Gasteiger partial charge in [0.1, 0.15) is 22.5 Å². The third kappa shape index (κ3) is 3.07. The molecule has 0 radical (unpaired) electrons. The molecule has 4 nitrogen and oxygen atoms in total. The van der Waals surface area contributed by atoms with Gasteiger partial charge >= 0.3 is 0 Å². The van der Waals surface area contributed by atoms with E-state index in [2.05, 4.69) is 0 Å². The molecule has 0 aliphatic carbocycles. The standard InChI is InChI=1S/C18H14Cl2O4/c1-22-12-7-15(23-2)17-16(8-12)24-9-11(18(17)21)5-10-3-4-13(19)14(20)6-10/h3-4,6-9H,5H2,1-2H3. The van der Waals surface area contributed by atoms with E-state index in [0.29, 0.717) is 44.5 Å². The Balaban J connectivity index is 2.11. The van der Waals surface area contributed by atoms with Crippen molar-refractivity contribution in [2.24, 2.45) is 0 Å². The van der Waals surface area contributed by atoms with E-state index in [-0.39, 0.29) is 5.43 Å². The average Bonchev–Trinajstić information content (AvgIpc) is 2.59. The van der Waals surface area contributed by atoms with Crippen LogP contribution in [0.2, 0.25) is 10.0 Å². The molecule has 0 bridgehead atoms. The molecule has 3 aromatic rings. The van der Waals surface area contributed by atoms with Crippen LogP contribution in [0.4, 0.5) is 0 Å². The molecule has 1 aromatic heterocycles. The van der Waals surface area contributed by atoms with Crippen molar-refractivity contribution in [3.63, 3.8) is 0 Å². The van der Waals surface area contributed by atoms with Crippen molar-refractivity contribution >= 4 is 34.2 Å². The Morgan fingerprint density at radius 3 is 2.50 bits per heavy atom. The van der Waals surface area contributed by atoms with Crippen molar-refractivity contribution in [1.29, 1.82) is 0 Å². The summed E-state index contributed by atoms with van der Waals surface area (Å²) in [5, 5.41) is 1.30. The molecule has 0 aliphatic rings. The smallest absolute Gasteiger partial charge is 0.199 e. The fourth-order valence-corrected chi connectivity index (χ4v) is 2.82. The first-order chi connectivity index (χ1) is 11.5. The fraction of sp³-hybridized carbons (Fsp3) is 0.167. The number of hydrogen-bond donors (Lipinski definition) is 0. The van der Waals surface area contributed by atoms with Gasteiger partial charge in [0.2, 0.25) is 0 Å². The van der Waals surface area contributed by atoms with Crippen molar-refractivity contribution in [1.82, 2.24) is 0 Å². The van der Waals surface area contributed by atoms with E-state index in [1.807, 2.05) is 6.07 Å². The summed E-state index contributed by atoms with van der Waals surface area (Å²) in [7, 11) is 3.04. The van der Waals surface area contributed by atoms with Gasteiger partial charge in [0.15, 0.2) is 5.43 Å². The molecule has 0 saturated heterocycles. The largest absolute Gasteiger partial charge is 0.496 e. The molecule has 0 fully saturated rings. The lowest BCUT2D eigenvalue weighted by Gasteiger charge is -2.09. The molecule has 0 N–H and O–H groups in total. The minimum Gasteiger partial charge on any atom is -0.496 e. The molecule has 0 spiro atoms. The first kappa shape index (κ1) is 16.7. The predicted octanol–water partition coefficient (Wildman–Crippen LogP) is 4.71. The number of hydrogen-bond acceptors (Lipinski definition) is 4. The SMILES string of the molecule is COc1cc(OC)c2c(=O)c(Cc3ccc(Cl)c(Cl)c3)coc2c1. The van der Waals surface area contributed by atoms with Crippen molar-refractivity contribution in [2.75, 3.05) is 14.2 Å². The van der Waals surface area contributed by atoms with Gasteiger partial charge in [-0.15, -0.1) is 0 Å². The Morgan fingerprint density at radius 2 is 1.83 bits per heavy atom. The number of fused-ring (bicyclic) bond motifs is 1. The summed E-state index contributed by atoms with van der Waals surface area (Å²) in [5.41, 5.74) is 1.63. The summed E-state index contributed by atoms with van der Waals surface area (Å²) < 4.78 is 16.1. The maximum Gasteiger partial charge on any atom is 0.199 e. The van der Waals surface area contributed by atoms with Crippen LogP contribution in [-0.2, 0) is 6.42 Å². The Labute approximate surface area is 148 Å². The van der Waals surface area contributed by atoms with Crippen LogP contribution in [0.25, 0.3) is 11.0 Å². The first-order valence-electron chi connectivity index (χ1n) is 7.14. The molecule has 0 saturated carbocycles. The molecule has 0 aliphatic heterocycles. The maximum atomic E-state index is 12.8. The van der Waals surface area contributed by atoms with E-state index in [0.717, 1.165) is 5.56 Å². The number of rotatable bonds is 4. The molecule has 24 heavy (non-hydrogen) atoms. The Bertz CT molecular complexity index is 963. The van der Waals surface area contributed by atoms with Gasteiger partial charge in [0.25, 0.3) is 0 Å². The second kappa shape index (κ2) is 6.75. The van der Waals surface area contributed by atoms with E-state index >= 15 is 0 Å². The summed E-state index contributed by atoms with van der Waals surface area (Å²) in [6, 6.07) is 8.57. The van der Waals surface area contributed by atoms with E-state index in [4.69, 9.17) is 37.1 Å². The first-order valence-corrected chi connectivity index (χ1v) is 7.89. The number of halogens is 2. The highest BCUT2D eigenvalue weighted by Crippen LogP contribution is 2.30. The molecule has 6 heteroatoms. The van der Waals surface area contributed by atoms with Crippen LogP contribution in [0, 0.1) is 0 Å². The summed E-state index contributed by atoms with van der Waals surface area (Å²) in [4.78, 5) is 12.8. The van der Waals surface area contributed by atoms with Gasteiger partial charge in [0.05, 0.1) is 30.5 Å². The van der Waals surface area contributed by atoms with Gasteiger partial charge in [-0.3, -0.25) is 4.79 Å². The summed E-state index contributed by atoms with van der Waals surface area (Å²) in [6.45, 7) is 0. The minimum absolute atomic E-state index is 0.151. The number of methoxy groups -OCH3 is 2. The summed E-state index contributed by atoms with van der Waals surface area (Å²) in [5.74, 6) is 0.967. The van der Waals surface area contributed by atoms with Gasteiger partial charge in [-0.2, -0.15) is 0 Å². The molecule has 0 atom stereocenters. The van der Waals surface area contributed by atoms with Crippen molar-refractivity contribution in [2.45, 2.75) is 6.42 Å². The predicted molar refractivity (Wildman–Crippen MR) is 94.9 cm³/mol. The maximum absolute atomic E-state index is 12.8. The number of ether oxygens (including phenoxy) is 2. The molecular weight excluding hydrogens is 351 g/mol. The monoisotopic (exact) mass is 364 g/mol. The second-order valence-corrected chi connectivity index (χ2v) is 6.03. The Morgan fingerprint density at radius 1 is 1.04 bits per heavy atom. The highest BCUT2D eigenvalue weighted by Gasteiger charge is 2.14. The van der Waals surface area contributed by atoms with Crippen LogP contribution in [-0.4, -0.2) is 14.2 Å². The fourth-order valence-electron chi connectivity index (χ4n) is 2.50. The van der Waals surface area contributed by atoms with Gasteiger partial charge in [-0.25, -0.2) is 0 Å². The van der Waals surface area contributed by atoms with Crippen molar-refractivity contribution in [3.8, 4) is 11.5 Å². The third-order valence-corrected chi connectivity index (χ3v) is 4.46. The number of benzene rings is 2. The third-order valence-electron chi connectivity index (χ3n) is 3.72. The normalized spacial score (nSPS) is 10.8. The zero-order valence-electron chi connectivity index (χ0n) is 13.1. The molecular formula is C18H14Cl2O4. The van der Waals surface area contributed by atoms with Crippen LogP contribution in [0.3, 0.4) is 0 Å². The molecule has 3 rings (SSSR count). The lowest BCUT2D eigenvalue weighted by Crippen LogP contribution is -2.10. The lowest BCUT2D eigenvalue weighted by molar-refractivity contribution is 0.396. The highest BCUT2D eigenvalue weighted by molar-refractivity contribution is 6.42. The molecule has 0 unspecified atom stereocenters. The average molecular weight is 365 g/mol. The zero-order valence-corrected chi connectivity index (χ0v) is 14.6. The van der Waals surface area contributed by atoms with Crippen LogP contribution >= 0.6 is 23.2 Å². The van der Waals surface area contributed by atoms with Crippen molar-refractivity contribution < 1.29 is 13.9 Å². The Kier molecular flexibility index (Phi) is 4.69. The van der Waals surface area contributed by atoms with E-state index in [1.165, 1.54) is 20.5 Å². The van der Waals surface area contributed by atoms with E-state index in [1.54, 1.807) is 24.3 Å². The van der Waals surface area contributed by atoms with Gasteiger partial charge in [0, 0.05) is 24.1 Å². The van der Waals surface area contributed by atoms with Crippen LogP contribution in [0.5, 0.6) is 11.5 Å². The molecule has 124 valence electrons. The van der Waals surface area contributed by atoms with Crippen molar-refractivity contribution in [3.05, 3.63) is 68.0 Å². The van der Waals surface area contributed by atoms with Gasteiger partial charge in [-0.05, 0) is 17.7 Å². The highest BCUT2D eigenvalue weighted by atomic mass is 35.5. The van der Waals surface area contributed by atoms with E-state index < -0.39 is 0 Å². The van der Waals surface area contributed by atoms with E-state index in [9.17, 15) is 4.79 Å². The quantitative estimate of drug-likeness (QED) is 0.672. The summed E-state index contributed by atoms with van der Waals surface area (Å²) in [6.07, 6.45) is 1.83. The molecule has 0 amide bonds. The van der Waals surface area contributed by atoms with Crippen LogP contribution < -0.4 is 14.9 Å². The van der Waals surface area contributed by atoms with Crippen LogP contribution in [0.1, 0.15) is 11.1 Å². The van der Waals surface area contributed by atoms with Crippen LogP contribution in [0.15, 0.2) is 45.8 Å². The zero-order chi connectivity index (χ0) is 17.3. The topological polar surface area (TPSA) is 48.7 Å². The second-order valence-electron chi connectivity index (χ2n) is 5.22. The van der Waals surface area contributed by atoms with Gasteiger partial charge < -0.3 is 13.9 Å².